The van der Waals surface area contributed by atoms with Crippen molar-refractivity contribution in [1.82, 2.24) is 14.7 Å². The van der Waals surface area contributed by atoms with Crippen molar-refractivity contribution in [3.05, 3.63) is 17.0 Å². The zero-order valence-corrected chi connectivity index (χ0v) is 14.5. The fraction of sp³-hybridized carbons (Fsp3) is 0.625. The standard InChI is InChI=1S/C16H23N3O5/c1-5-23-15(22)18-7-6-12-11(10-18)13(19(17-12)8-9-20)14(21)24-16(2,3)4/h9H,5-8,10H2,1-4H3. The molecule has 8 heteroatoms. The Kier molecular flexibility index (Phi) is 5.26. The molecule has 0 fully saturated rings. The smallest absolute Gasteiger partial charge is 0.410 e. The molecular formula is C16H23N3O5. The van der Waals surface area contributed by atoms with Crippen LogP contribution in [0.2, 0.25) is 0 Å². The number of hydrogen-bond donors (Lipinski definition) is 0. The van der Waals surface area contributed by atoms with Gasteiger partial charge in [0.25, 0.3) is 0 Å². The van der Waals surface area contributed by atoms with Gasteiger partial charge in [-0.2, -0.15) is 5.10 Å². The first-order valence-electron chi connectivity index (χ1n) is 7.94. The first-order chi connectivity index (χ1) is 11.3. The minimum atomic E-state index is -0.671. The lowest BCUT2D eigenvalue weighted by molar-refractivity contribution is -0.108. The van der Waals surface area contributed by atoms with Crippen molar-refractivity contribution in [2.24, 2.45) is 0 Å². The van der Waals surface area contributed by atoms with Gasteiger partial charge in [0.1, 0.15) is 11.9 Å². The Morgan fingerprint density at radius 3 is 2.62 bits per heavy atom. The number of nitrogens with zero attached hydrogens (tertiary/aromatic N) is 3. The first kappa shape index (κ1) is 18.0. The Balaban J connectivity index is 2.36. The number of aromatic nitrogens is 2. The van der Waals surface area contributed by atoms with E-state index in [0.29, 0.717) is 30.5 Å². The first-order valence-corrected chi connectivity index (χ1v) is 7.94. The van der Waals surface area contributed by atoms with Gasteiger partial charge >= 0.3 is 12.1 Å². The molecule has 0 spiro atoms. The third-order valence-corrected chi connectivity index (χ3v) is 3.47. The van der Waals surface area contributed by atoms with E-state index in [-0.39, 0.29) is 25.4 Å². The number of carbonyl (C=O) groups excluding carboxylic acids is 3. The summed E-state index contributed by atoms with van der Waals surface area (Å²) >= 11 is 0. The van der Waals surface area contributed by atoms with E-state index in [0.717, 1.165) is 0 Å². The number of ether oxygens (including phenoxy) is 2. The highest BCUT2D eigenvalue weighted by Gasteiger charge is 2.32. The fourth-order valence-corrected chi connectivity index (χ4v) is 2.55. The number of carbonyl (C=O) groups is 3. The van der Waals surface area contributed by atoms with E-state index < -0.39 is 17.7 Å². The molecule has 0 atom stereocenters. The topological polar surface area (TPSA) is 90.7 Å². The Bertz CT molecular complexity index is 645. The van der Waals surface area contributed by atoms with Gasteiger partial charge < -0.3 is 19.2 Å². The predicted octanol–water partition coefficient (Wildman–Crippen LogP) is 1.55. The molecule has 8 nitrogen and oxygen atoms in total. The third kappa shape index (κ3) is 3.93. The van der Waals surface area contributed by atoms with Crippen LogP contribution < -0.4 is 0 Å². The van der Waals surface area contributed by atoms with Crippen molar-refractivity contribution in [2.45, 2.75) is 52.8 Å². The summed E-state index contributed by atoms with van der Waals surface area (Å²) in [7, 11) is 0. The maximum atomic E-state index is 12.6. The van der Waals surface area contributed by atoms with Crippen molar-refractivity contribution in [3.8, 4) is 0 Å². The van der Waals surface area contributed by atoms with Gasteiger partial charge in [0, 0.05) is 18.5 Å². The van der Waals surface area contributed by atoms with Gasteiger partial charge in [-0.1, -0.05) is 0 Å². The van der Waals surface area contributed by atoms with E-state index in [2.05, 4.69) is 5.10 Å². The molecule has 0 N–H and O–H groups in total. The fourth-order valence-electron chi connectivity index (χ4n) is 2.55. The molecule has 0 saturated heterocycles. The molecule has 1 aromatic rings. The van der Waals surface area contributed by atoms with Crippen molar-refractivity contribution in [2.75, 3.05) is 13.2 Å². The highest BCUT2D eigenvalue weighted by molar-refractivity contribution is 5.90. The van der Waals surface area contributed by atoms with Crippen LogP contribution in [-0.4, -0.2) is 51.8 Å². The molecule has 24 heavy (non-hydrogen) atoms. The average Bonchev–Trinajstić information content (AvgIpc) is 2.83. The minimum absolute atomic E-state index is 0.0407. The summed E-state index contributed by atoms with van der Waals surface area (Å²) in [5.41, 5.74) is 0.875. The molecule has 0 aliphatic carbocycles. The van der Waals surface area contributed by atoms with E-state index in [4.69, 9.17) is 9.47 Å². The molecule has 1 amide bonds. The number of esters is 1. The monoisotopic (exact) mass is 337 g/mol. The second kappa shape index (κ2) is 7.02. The van der Waals surface area contributed by atoms with Crippen molar-refractivity contribution in [1.29, 1.82) is 0 Å². The van der Waals surface area contributed by atoms with E-state index in [1.165, 1.54) is 9.58 Å². The highest BCUT2D eigenvalue weighted by Crippen LogP contribution is 2.25. The molecular weight excluding hydrogens is 314 g/mol. The normalized spacial score (nSPS) is 14.1. The second-order valence-corrected chi connectivity index (χ2v) is 6.49. The Labute approximate surface area is 140 Å². The summed E-state index contributed by atoms with van der Waals surface area (Å²) in [6, 6.07) is 0. The quantitative estimate of drug-likeness (QED) is 0.611. The molecule has 0 unspecified atom stereocenters. The van der Waals surface area contributed by atoms with Gasteiger partial charge in [0.2, 0.25) is 0 Å². The van der Waals surface area contributed by atoms with Crippen LogP contribution in [0.3, 0.4) is 0 Å². The van der Waals surface area contributed by atoms with Crippen LogP contribution in [0.5, 0.6) is 0 Å². The number of hydrogen-bond acceptors (Lipinski definition) is 6. The van der Waals surface area contributed by atoms with Crippen LogP contribution in [0.25, 0.3) is 0 Å². The summed E-state index contributed by atoms with van der Waals surface area (Å²) < 4.78 is 11.8. The lowest BCUT2D eigenvalue weighted by Crippen LogP contribution is -2.37. The van der Waals surface area contributed by atoms with Gasteiger partial charge in [-0.05, 0) is 27.7 Å². The number of fused-ring (bicyclic) bond motifs is 1. The molecule has 1 aliphatic heterocycles. The molecule has 2 heterocycles. The Hall–Kier alpha value is -2.38. The summed E-state index contributed by atoms with van der Waals surface area (Å²) in [4.78, 5) is 36.9. The zero-order chi connectivity index (χ0) is 17.9. The summed E-state index contributed by atoms with van der Waals surface area (Å²) in [5, 5.41) is 4.34. The molecule has 0 bridgehead atoms. The van der Waals surface area contributed by atoms with Gasteiger partial charge in [-0.3, -0.25) is 4.68 Å². The zero-order valence-electron chi connectivity index (χ0n) is 14.5. The average molecular weight is 337 g/mol. The predicted molar refractivity (Wildman–Crippen MR) is 84.6 cm³/mol. The van der Waals surface area contributed by atoms with Gasteiger partial charge in [0.15, 0.2) is 5.69 Å². The maximum absolute atomic E-state index is 12.6. The van der Waals surface area contributed by atoms with Crippen molar-refractivity contribution < 1.29 is 23.9 Å². The van der Waals surface area contributed by atoms with Crippen LogP contribution in [0, 0.1) is 0 Å². The summed E-state index contributed by atoms with van der Waals surface area (Å²) in [6.45, 7) is 7.95. The summed E-state index contributed by atoms with van der Waals surface area (Å²) in [5.74, 6) is -0.552. The van der Waals surface area contributed by atoms with Crippen LogP contribution in [0.4, 0.5) is 4.79 Å². The lowest BCUT2D eigenvalue weighted by Gasteiger charge is -2.26. The molecule has 132 valence electrons. The number of rotatable bonds is 4. The Morgan fingerprint density at radius 2 is 2.04 bits per heavy atom. The van der Waals surface area contributed by atoms with Crippen LogP contribution >= 0.6 is 0 Å². The van der Waals surface area contributed by atoms with E-state index >= 15 is 0 Å². The van der Waals surface area contributed by atoms with Crippen molar-refractivity contribution >= 4 is 18.3 Å². The largest absolute Gasteiger partial charge is 0.455 e. The molecule has 1 aromatic heterocycles. The molecule has 0 saturated carbocycles. The lowest BCUT2D eigenvalue weighted by atomic mass is 10.1. The van der Waals surface area contributed by atoms with E-state index in [1.54, 1.807) is 27.7 Å². The van der Waals surface area contributed by atoms with Crippen LogP contribution in [-0.2, 0) is 33.8 Å². The SMILES string of the molecule is CCOC(=O)N1CCc2nn(CC=O)c(C(=O)OC(C)(C)C)c2C1. The summed E-state index contributed by atoms with van der Waals surface area (Å²) in [6.07, 6.45) is 0.743. The molecule has 0 aromatic carbocycles. The molecule has 2 rings (SSSR count). The van der Waals surface area contributed by atoms with Gasteiger partial charge in [-0.25, -0.2) is 9.59 Å². The minimum Gasteiger partial charge on any atom is -0.455 e. The van der Waals surface area contributed by atoms with E-state index in [1.807, 2.05) is 0 Å². The second-order valence-electron chi connectivity index (χ2n) is 6.49. The van der Waals surface area contributed by atoms with Crippen LogP contribution in [0.1, 0.15) is 49.4 Å². The Morgan fingerprint density at radius 1 is 1.33 bits per heavy atom. The van der Waals surface area contributed by atoms with Crippen LogP contribution in [0.15, 0.2) is 0 Å². The molecule has 0 radical (unpaired) electrons. The molecule has 1 aliphatic rings. The maximum Gasteiger partial charge on any atom is 0.410 e. The van der Waals surface area contributed by atoms with E-state index in [9.17, 15) is 14.4 Å². The number of aldehydes is 1. The number of amides is 1. The third-order valence-electron chi connectivity index (χ3n) is 3.47. The van der Waals surface area contributed by atoms with Crippen molar-refractivity contribution in [3.63, 3.8) is 0 Å². The van der Waals surface area contributed by atoms with Gasteiger partial charge in [-0.15, -0.1) is 0 Å². The van der Waals surface area contributed by atoms with Gasteiger partial charge in [0.05, 0.1) is 25.4 Å². The highest BCUT2D eigenvalue weighted by atomic mass is 16.6.